The van der Waals surface area contributed by atoms with Crippen molar-refractivity contribution < 1.29 is 5.11 Å². The number of hydrogen-bond donors (Lipinski definition) is 2. The molecule has 0 spiro atoms. The highest BCUT2D eigenvalue weighted by molar-refractivity contribution is 9.11. The summed E-state index contributed by atoms with van der Waals surface area (Å²) in [5, 5.41) is 15.7. The van der Waals surface area contributed by atoms with Crippen molar-refractivity contribution in [3.63, 3.8) is 0 Å². The van der Waals surface area contributed by atoms with Crippen LogP contribution < -0.4 is 15.9 Å². The van der Waals surface area contributed by atoms with Gasteiger partial charge in [0.2, 0.25) is 0 Å². The molecule has 0 fully saturated rings. The zero-order chi connectivity index (χ0) is 14.8. The lowest BCUT2D eigenvalue weighted by molar-refractivity contribution is 0.463. The number of benzene rings is 1. The van der Waals surface area contributed by atoms with Crippen LogP contribution in [0, 0.1) is 0 Å². The second kappa shape index (κ2) is 6.20. The fourth-order valence-corrected chi connectivity index (χ4v) is 3.77. The lowest BCUT2D eigenvalue weighted by atomic mass is 10.1. The van der Waals surface area contributed by atoms with E-state index in [4.69, 9.17) is 0 Å². The van der Waals surface area contributed by atoms with Crippen molar-refractivity contribution in [3.8, 4) is 5.75 Å². The zero-order valence-corrected chi connectivity index (χ0v) is 14.4. The molecule has 0 unspecified atom stereocenters. The number of phenols is 1. The van der Waals surface area contributed by atoms with Gasteiger partial charge in [-0.2, -0.15) is 0 Å². The highest BCUT2D eigenvalue weighted by Gasteiger charge is 2.10. The molecule has 0 aliphatic heterocycles. The Bertz CT molecular complexity index is 802. The molecule has 0 bridgehead atoms. The van der Waals surface area contributed by atoms with Crippen LogP contribution in [0.15, 0.2) is 39.4 Å². The molecule has 3 rings (SSSR count). The Kier molecular flexibility index (Phi) is 4.31. The molecule has 0 amide bonds. The molecule has 2 aromatic rings. The van der Waals surface area contributed by atoms with Gasteiger partial charge < -0.3 is 10.4 Å². The first kappa shape index (κ1) is 14.6. The van der Waals surface area contributed by atoms with Crippen molar-refractivity contribution in [1.29, 1.82) is 0 Å². The first-order valence-corrected chi connectivity index (χ1v) is 8.29. The minimum atomic E-state index is 0.273. The van der Waals surface area contributed by atoms with Crippen molar-refractivity contribution in [2.45, 2.75) is 19.4 Å². The predicted molar refractivity (Wildman–Crippen MR) is 90.9 cm³/mol. The number of phenolic OH excluding ortho intramolecular Hbond substituents is 1. The molecule has 1 aliphatic carbocycles. The van der Waals surface area contributed by atoms with Crippen molar-refractivity contribution in [1.82, 2.24) is 10.3 Å². The summed E-state index contributed by atoms with van der Waals surface area (Å²) < 4.78 is 1.62. The van der Waals surface area contributed by atoms with E-state index in [1.165, 1.54) is 5.22 Å². The van der Waals surface area contributed by atoms with E-state index in [1.54, 1.807) is 0 Å². The number of aromatic hydroxyl groups is 1. The van der Waals surface area contributed by atoms with Gasteiger partial charge in [-0.05, 0) is 52.2 Å². The lowest BCUT2D eigenvalue weighted by Gasteiger charge is -2.14. The Morgan fingerprint density at radius 1 is 1.29 bits per heavy atom. The van der Waals surface area contributed by atoms with Crippen molar-refractivity contribution in [2.24, 2.45) is 0 Å². The van der Waals surface area contributed by atoms with Gasteiger partial charge in [0.1, 0.15) is 5.75 Å². The van der Waals surface area contributed by atoms with Gasteiger partial charge in [0.15, 0.2) is 0 Å². The summed E-state index contributed by atoms with van der Waals surface area (Å²) >= 11 is 6.80. The maximum Gasteiger partial charge on any atom is 0.134 e. The zero-order valence-electron chi connectivity index (χ0n) is 11.2. The molecule has 0 radical (unpaired) electrons. The average molecular weight is 410 g/mol. The van der Waals surface area contributed by atoms with E-state index in [2.05, 4.69) is 54.3 Å². The molecule has 2 N–H and O–H groups in total. The van der Waals surface area contributed by atoms with Crippen LogP contribution in [0.25, 0.3) is 11.8 Å². The van der Waals surface area contributed by atoms with Gasteiger partial charge in [-0.1, -0.05) is 28.1 Å². The maximum absolute atomic E-state index is 10.1. The van der Waals surface area contributed by atoms with Crippen LogP contribution in [0.1, 0.15) is 18.4 Å². The Balaban J connectivity index is 1.91. The predicted octanol–water partition coefficient (Wildman–Crippen LogP) is 2.78. The molecule has 0 saturated heterocycles. The van der Waals surface area contributed by atoms with Crippen molar-refractivity contribution in [2.75, 3.05) is 0 Å². The normalized spacial score (nSPS) is 13.5. The lowest BCUT2D eigenvalue weighted by Crippen LogP contribution is -2.36. The molecule has 5 heteroatoms. The molecule has 1 heterocycles. The highest BCUT2D eigenvalue weighted by atomic mass is 79.9. The number of aromatic nitrogens is 1. The quantitative estimate of drug-likeness (QED) is 0.819. The van der Waals surface area contributed by atoms with Crippen LogP contribution in [0.2, 0.25) is 0 Å². The van der Waals surface area contributed by atoms with E-state index in [0.717, 1.165) is 33.9 Å². The summed E-state index contributed by atoms with van der Waals surface area (Å²) in [5.41, 5.74) is 1.97. The van der Waals surface area contributed by atoms with Crippen LogP contribution in [-0.4, -0.2) is 10.1 Å². The van der Waals surface area contributed by atoms with Gasteiger partial charge in [-0.3, -0.25) is 4.98 Å². The number of hydrogen-bond acceptors (Lipinski definition) is 3. The summed E-state index contributed by atoms with van der Waals surface area (Å²) in [6.45, 7) is 0.565. The summed E-state index contributed by atoms with van der Waals surface area (Å²) in [6.07, 6.45) is 5.97. The van der Waals surface area contributed by atoms with E-state index in [9.17, 15) is 5.11 Å². The molecule has 21 heavy (non-hydrogen) atoms. The van der Waals surface area contributed by atoms with Gasteiger partial charge in [0.05, 0.1) is 9.82 Å². The van der Waals surface area contributed by atoms with E-state index in [-0.39, 0.29) is 5.75 Å². The Morgan fingerprint density at radius 3 is 3.00 bits per heavy atom. The van der Waals surface area contributed by atoms with E-state index in [0.29, 0.717) is 11.0 Å². The molecular weight excluding hydrogens is 396 g/mol. The second-order valence-corrected chi connectivity index (χ2v) is 6.68. The Labute approximate surface area is 139 Å². The topological polar surface area (TPSA) is 45.1 Å². The Hall–Kier alpha value is -1.33. The largest absolute Gasteiger partial charge is 0.506 e. The number of nitrogens with zero attached hydrogens (tertiary/aromatic N) is 1. The third-order valence-electron chi connectivity index (χ3n) is 3.48. The SMILES string of the molecule is Oc1c(Br)cc(Br)cc1CNC1=c2ncccc2=CCC1. The molecule has 108 valence electrons. The van der Waals surface area contributed by atoms with Crippen LogP contribution in [0.4, 0.5) is 0 Å². The van der Waals surface area contributed by atoms with Gasteiger partial charge in [0, 0.05) is 28.5 Å². The third-order valence-corrected chi connectivity index (χ3v) is 4.55. The number of pyridine rings is 1. The first-order chi connectivity index (χ1) is 10.1. The monoisotopic (exact) mass is 408 g/mol. The van der Waals surface area contributed by atoms with Gasteiger partial charge in [-0.25, -0.2) is 0 Å². The van der Waals surface area contributed by atoms with Crippen molar-refractivity contribution >= 4 is 43.6 Å². The summed E-state index contributed by atoms with van der Waals surface area (Å²) in [5.74, 6) is 0.273. The molecule has 1 aromatic carbocycles. The molecular formula is C16H14Br2N2O. The third kappa shape index (κ3) is 3.14. The minimum Gasteiger partial charge on any atom is -0.506 e. The van der Waals surface area contributed by atoms with Crippen LogP contribution in [0.5, 0.6) is 5.75 Å². The summed E-state index contributed by atoms with van der Waals surface area (Å²) in [7, 11) is 0. The maximum atomic E-state index is 10.1. The number of fused-ring (bicyclic) bond motifs is 1. The number of rotatable bonds is 3. The average Bonchev–Trinajstić information content (AvgIpc) is 2.49. The fourth-order valence-electron chi connectivity index (χ4n) is 2.45. The highest BCUT2D eigenvalue weighted by Crippen LogP contribution is 2.31. The molecule has 0 saturated carbocycles. The second-order valence-electron chi connectivity index (χ2n) is 4.91. The Morgan fingerprint density at radius 2 is 2.14 bits per heavy atom. The number of halogens is 2. The van der Waals surface area contributed by atoms with Gasteiger partial charge in [-0.15, -0.1) is 0 Å². The minimum absolute atomic E-state index is 0.273. The molecule has 1 aliphatic rings. The van der Waals surface area contributed by atoms with E-state index in [1.807, 2.05) is 24.4 Å². The summed E-state index contributed by atoms with van der Waals surface area (Å²) in [4.78, 5) is 4.46. The van der Waals surface area contributed by atoms with Gasteiger partial charge >= 0.3 is 0 Å². The number of nitrogens with one attached hydrogen (secondary N) is 1. The molecule has 0 atom stereocenters. The van der Waals surface area contributed by atoms with Crippen LogP contribution in [-0.2, 0) is 6.54 Å². The fraction of sp³-hybridized carbons (Fsp3) is 0.188. The molecule has 1 aromatic heterocycles. The van der Waals surface area contributed by atoms with Crippen molar-refractivity contribution in [3.05, 3.63) is 55.5 Å². The van der Waals surface area contributed by atoms with E-state index < -0.39 is 0 Å². The molecule has 3 nitrogen and oxygen atoms in total. The van der Waals surface area contributed by atoms with E-state index >= 15 is 0 Å². The smallest absolute Gasteiger partial charge is 0.134 e. The van der Waals surface area contributed by atoms with Crippen LogP contribution >= 0.6 is 31.9 Å². The first-order valence-electron chi connectivity index (χ1n) is 6.70. The van der Waals surface area contributed by atoms with Crippen LogP contribution in [0.3, 0.4) is 0 Å². The summed E-state index contributed by atoms with van der Waals surface area (Å²) in [6, 6.07) is 7.78. The van der Waals surface area contributed by atoms with Gasteiger partial charge in [0.25, 0.3) is 0 Å². The standard InChI is InChI=1S/C16H14Br2N2O/c17-12-7-11(16(21)13(18)8-12)9-20-14-5-1-3-10-4-2-6-19-15(10)14/h2-4,6-8,20-21H,1,5,9H2.